The first-order valence-corrected chi connectivity index (χ1v) is 5.30. The summed E-state index contributed by atoms with van der Waals surface area (Å²) in [7, 11) is 0. The van der Waals surface area contributed by atoms with Crippen molar-refractivity contribution in [1.82, 2.24) is 4.57 Å². The highest BCUT2D eigenvalue weighted by atomic mass is 16.1. The molecule has 1 heterocycles. The lowest BCUT2D eigenvalue weighted by Crippen LogP contribution is -2.23. The number of aromatic nitrogens is 1. The minimum Gasteiger partial charge on any atom is -0.394 e. The van der Waals surface area contributed by atoms with Gasteiger partial charge >= 0.3 is 0 Å². The maximum atomic E-state index is 12.0. The summed E-state index contributed by atoms with van der Waals surface area (Å²) in [6, 6.07) is 13.1. The van der Waals surface area contributed by atoms with Gasteiger partial charge in [-0.25, -0.2) is 0 Å². The molecule has 1 aromatic carbocycles. The van der Waals surface area contributed by atoms with Crippen molar-refractivity contribution in [3.05, 3.63) is 58.5 Å². The number of hydrogen-bond acceptors (Lipinski definition) is 2. The van der Waals surface area contributed by atoms with E-state index < -0.39 is 0 Å². The van der Waals surface area contributed by atoms with Crippen LogP contribution in [0.2, 0.25) is 0 Å². The molecule has 0 fully saturated rings. The summed E-state index contributed by atoms with van der Waals surface area (Å²) in [6.07, 6.45) is 0.796. The topological polar surface area (TPSA) is 48.0 Å². The van der Waals surface area contributed by atoms with E-state index in [0.717, 1.165) is 17.8 Å². The Hall–Kier alpha value is -2.03. The van der Waals surface area contributed by atoms with Crippen LogP contribution in [0.4, 0.5) is 5.69 Å². The van der Waals surface area contributed by atoms with Gasteiger partial charge in [0.2, 0.25) is 0 Å². The molecule has 0 atom stereocenters. The number of aryl methyl sites for hydroxylation is 1. The molecule has 0 saturated heterocycles. The SMILES string of the molecule is CCc1ccc(N)c(=O)n1-c1ccccc1. The number of nitrogens with zero attached hydrogens (tertiary/aromatic N) is 1. The summed E-state index contributed by atoms with van der Waals surface area (Å²) >= 11 is 0. The number of hydrogen-bond donors (Lipinski definition) is 1. The van der Waals surface area contributed by atoms with E-state index in [9.17, 15) is 4.79 Å². The highest BCUT2D eigenvalue weighted by Gasteiger charge is 2.06. The van der Waals surface area contributed by atoms with E-state index in [1.54, 1.807) is 10.6 Å². The van der Waals surface area contributed by atoms with Crippen molar-refractivity contribution in [2.24, 2.45) is 0 Å². The quantitative estimate of drug-likeness (QED) is 0.831. The Balaban J connectivity index is 2.73. The van der Waals surface area contributed by atoms with Crippen molar-refractivity contribution in [3.63, 3.8) is 0 Å². The summed E-state index contributed by atoms with van der Waals surface area (Å²) in [5.41, 5.74) is 7.60. The van der Waals surface area contributed by atoms with Gasteiger partial charge in [-0.3, -0.25) is 9.36 Å². The minimum absolute atomic E-state index is 0.148. The van der Waals surface area contributed by atoms with Crippen molar-refractivity contribution in [3.8, 4) is 5.69 Å². The molecule has 82 valence electrons. The van der Waals surface area contributed by atoms with Gasteiger partial charge in [0.05, 0.1) is 5.69 Å². The fourth-order valence-corrected chi connectivity index (χ4v) is 1.73. The predicted molar refractivity (Wildman–Crippen MR) is 65.8 cm³/mol. The van der Waals surface area contributed by atoms with E-state index in [-0.39, 0.29) is 11.2 Å². The maximum Gasteiger partial charge on any atom is 0.278 e. The van der Waals surface area contributed by atoms with Crippen LogP contribution in [0.15, 0.2) is 47.3 Å². The molecule has 3 heteroatoms. The molecule has 0 aliphatic rings. The lowest BCUT2D eigenvalue weighted by atomic mass is 10.2. The molecule has 0 spiro atoms. The number of anilines is 1. The Kier molecular flexibility index (Phi) is 2.77. The van der Waals surface area contributed by atoms with E-state index in [1.165, 1.54) is 0 Å². The molecular formula is C13H14N2O. The van der Waals surface area contributed by atoms with Crippen LogP contribution in [0.5, 0.6) is 0 Å². The zero-order chi connectivity index (χ0) is 11.5. The first-order valence-electron chi connectivity index (χ1n) is 5.30. The fourth-order valence-electron chi connectivity index (χ4n) is 1.73. The third kappa shape index (κ3) is 1.72. The Morgan fingerprint density at radius 2 is 1.81 bits per heavy atom. The molecule has 0 bridgehead atoms. The Morgan fingerprint density at radius 1 is 1.12 bits per heavy atom. The van der Waals surface area contributed by atoms with Crippen molar-refractivity contribution in [2.45, 2.75) is 13.3 Å². The number of nitrogen functional groups attached to an aromatic ring is 1. The van der Waals surface area contributed by atoms with Crippen LogP contribution in [-0.2, 0) is 6.42 Å². The second-order valence-corrected chi connectivity index (χ2v) is 3.61. The van der Waals surface area contributed by atoms with E-state index >= 15 is 0 Å². The smallest absolute Gasteiger partial charge is 0.278 e. The molecule has 2 N–H and O–H groups in total. The zero-order valence-electron chi connectivity index (χ0n) is 9.18. The first-order chi connectivity index (χ1) is 7.74. The van der Waals surface area contributed by atoms with Crippen molar-refractivity contribution < 1.29 is 0 Å². The molecule has 2 rings (SSSR count). The fraction of sp³-hybridized carbons (Fsp3) is 0.154. The average Bonchev–Trinajstić information content (AvgIpc) is 2.33. The van der Waals surface area contributed by atoms with Crippen LogP contribution in [0.3, 0.4) is 0 Å². The summed E-state index contributed by atoms with van der Waals surface area (Å²) in [5, 5.41) is 0. The predicted octanol–water partition coefficient (Wildman–Crippen LogP) is 1.98. The zero-order valence-corrected chi connectivity index (χ0v) is 9.18. The second-order valence-electron chi connectivity index (χ2n) is 3.61. The van der Waals surface area contributed by atoms with Gasteiger partial charge in [0.1, 0.15) is 0 Å². The molecule has 0 saturated carbocycles. The summed E-state index contributed by atoms with van der Waals surface area (Å²) in [6.45, 7) is 2.02. The normalized spacial score (nSPS) is 10.3. The minimum atomic E-state index is -0.148. The van der Waals surface area contributed by atoms with Gasteiger partial charge in [0.15, 0.2) is 0 Å². The molecule has 1 aromatic heterocycles. The van der Waals surface area contributed by atoms with Gasteiger partial charge in [-0.1, -0.05) is 25.1 Å². The summed E-state index contributed by atoms with van der Waals surface area (Å²) < 4.78 is 1.66. The highest BCUT2D eigenvalue weighted by molar-refractivity contribution is 5.42. The van der Waals surface area contributed by atoms with E-state index in [1.807, 2.05) is 43.3 Å². The Morgan fingerprint density at radius 3 is 2.44 bits per heavy atom. The summed E-state index contributed by atoms with van der Waals surface area (Å²) in [5.74, 6) is 0. The molecule has 0 amide bonds. The second kappa shape index (κ2) is 4.23. The Bertz CT molecular complexity index is 544. The van der Waals surface area contributed by atoms with Crippen LogP contribution in [-0.4, -0.2) is 4.57 Å². The molecule has 2 aromatic rings. The first kappa shape index (κ1) is 10.5. The van der Waals surface area contributed by atoms with Gasteiger partial charge in [-0.2, -0.15) is 0 Å². The lowest BCUT2D eigenvalue weighted by molar-refractivity contribution is 0.880. The van der Waals surface area contributed by atoms with Crippen molar-refractivity contribution in [1.29, 1.82) is 0 Å². The van der Waals surface area contributed by atoms with Gasteiger partial charge in [0, 0.05) is 11.4 Å². The molecule has 0 radical (unpaired) electrons. The van der Waals surface area contributed by atoms with Gasteiger partial charge < -0.3 is 5.73 Å². The van der Waals surface area contributed by atoms with Crippen LogP contribution in [0.25, 0.3) is 5.69 Å². The highest BCUT2D eigenvalue weighted by Crippen LogP contribution is 2.10. The monoisotopic (exact) mass is 214 g/mol. The molecule has 16 heavy (non-hydrogen) atoms. The van der Waals surface area contributed by atoms with Crippen LogP contribution in [0, 0.1) is 0 Å². The van der Waals surface area contributed by atoms with Crippen LogP contribution >= 0.6 is 0 Å². The Labute approximate surface area is 94.1 Å². The number of rotatable bonds is 2. The largest absolute Gasteiger partial charge is 0.394 e. The third-order valence-electron chi connectivity index (χ3n) is 2.57. The number of pyridine rings is 1. The summed E-state index contributed by atoms with van der Waals surface area (Å²) in [4.78, 5) is 12.0. The van der Waals surface area contributed by atoms with E-state index in [2.05, 4.69) is 0 Å². The molecular weight excluding hydrogens is 200 g/mol. The third-order valence-corrected chi connectivity index (χ3v) is 2.57. The standard InChI is InChI=1S/C13H14N2O/c1-2-10-8-9-12(14)13(16)15(10)11-6-4-3-5-7-11/h3-9H,2,14H2,1H3. The van der Waals surface area contributed by atoms with E-state index in [0.29, 0.717) is 0 Å². The molecule has 0 unspecified atom stereocenters. The number of benzene rings is 1. The van der Waals surface area contributed by atoms with Crippen LogP contribution in [0.1, 0.15) is 12.6 Å². The number of para-hydroxylation sites is 1. The van der Waals surface area contributed by atoms with Gasteiger partial charge in [-0.05, 0) is 30.7 Å². The molecule has 0 aliphatic heterocycles. The van der Waals surface area contributed by atoms with E-state index in [4.69, 9.17) is 5.73 Å². The van der Waals surface area contributed by atoms with Gasteiger partial charge in [0.25, 0.3) is 5.56 Å². The maximum absolute atomic E-state index is 12.0. The number of nitrogens with two attached hydrogens (primary N) is 1. The van der Waals surface area contributed by atoms with Crippen LogP contribution < -0.4 is 11.3 Å². The lowest BCUT2D eigenvalue weighted by Gasteiger charge is -2.12. The van der Waals surface area contributed by atoms with Gasteiger partial charge in [-0.15, -0.1) is 0 Å². The van der Waals surface area contributed by atoms with Crippen molar-refractivity contribution >= 4 is 5.69 Å². The molecule has 0 aliphatic carbocycles. The van der Waals surface area contributed by atoms with Crippen molar-refractivity contribution in [2.75, 3.05) is 5.73 Å². The average molecular weight is 214 g/mol. The molecule has 3 nitrogen and oxygen atoms in total.